The molecule has 6 heteroatoms. The maximum Gasteiger partial charge on any atom is 0.228 e. The van der Waals surface area contributed by atoms with Crippen molar-refractivity contribution in [3.63, 3.8) is 0 Å². The summed E-state index contributed by atoms with van der Waals surface area (Å²) < 4.78 is 0. The summed E-state index contributed by atoms with van der Waals surface area (Å²) in [5, 5.41) is 3.25. The molecule has 1 aliphatic heterocycles. The fraction of sp³-hybridized carbons (Fsp3) is 0.556. The Morgan fingerprint density at radius 3 is 2.46 bits per heavy atom. The minimum Gasteiger partial charge on any atom is -0.307 e. The topological polar surface area (TPSA) is 66.8 Å². The zero-order valence-electron chi connectivity index (χ0n) is 13.9. The predicted octanol–water partition coefficient (Wildman–Crippen LogP) is 3.48. The van der Waals surface area contributed by atoms with Gasteiger partial charge in [0, 0.05) is 30.8 Å². The lowest BCUT2D eigenvalue weighted by Gasteiger charge is -2.35. The van der Waals surface area contributed by atoms with Crippen LogP contribution in [0.3, 0.4) is 0 Å². The van der Waals surface area contributed by atoms with Gasteiger partial charge in [0.1, 0.15) is 5.69 Å². The van der Waals surface area contributed by atoms with E-state index in [9.17, 15) is 0 Å². The first-order chi connectivity index (χ1) is 11.9. The van der Waals surface area contributed by atoms with Crippen molar-refractivity contribution >= 4 is 11.8 Å². The summed E-state index contributed by atoms with van der Waals surface area (Å²) >= 11 is 0. The van der Waals surface area contributed by atoms with E-state index in [1.165, 1.54) is 45.1 Å². The van der Waals surface area contributed by atoms with Gasteiger partial charge in [0.15, 0.2) is 5.82 Å². The first-order valence-electron chi connectivity index (χ1n) is 9.02. The monoisotopic (exact) mass is 324 g/mol. The van der Waals surface area contributed by atoms with Crippen molar-refractivity contribution in [2.24, 2.45) is 0 Å². The highest BCUT2D eigenvalue weighted by Crippen LogP contribution is 2.38. The van der Waals surface area contributed by atoms with E-state index in [-0.39, 0.29) is 0 Å². The molecule has 126 valence electrons. The highest BCUT2D eigenvalue weighted by atomic mass is 15.2. The number of hydrogen-bond acceptors (Lipinski definition) is 6. The number of nitrogens with zero attached hydrogens (tertiary/aromatic N) is 5. The molecule has 2 fully saturated rings. The first kappa shape index (κ1) is 15.4. The molecule has 2 aromatic heterocycles. The summed E-state index contributed by atoms with van der Waals surface area (Å²) in [5.41, 5.74) is 1.04. The van der Waals surface area contributed by atoms with E-state index in [1.807, 2.05) is 6.07 Å². The van der Waals surface area contributed by atoms with Gasteiger partial charge in [-0.15, -0.1) is 0 Å². The second kappa shape index (κ2) is 7.21. The summed E-state index contributed by atoms with van der Waals surface area (Å²) in [6.07, 6.45) is 16.1. The Morgan fingerprint density at radius 2 is 1.62 bits per heavy atom. The molecule has 24 heavy (non-hydrogen) atoms. The van der Waals surface area contributed by atoms with E-state index in [2.05, 4.69) is 30.2 Å². The maximum absolute atomic E-state index is 4.68. The highest BCUT2D eigenvalue weighted by Gasteiger charge is 2.34. The van der Waals surface area contributed by atoms with E-state index >= 15 is 0 Å². The van der Waals surface area contributed by atoms with E-state index in [4.69, 9.17) is 0 Å². The number of hydrogen-bond donors (Lipinski definition) is 1. The van der Waals surface area contributed by atoms with Crippen LogP contribution in [-0.4, -0.2) is 37.4 Å². The van der Waals surface area contributed by atoms with Crippen LogP contribution in [0.2, 0.25) is 0 Å². The van der Waals surface area contributed by atoms with Crippen molar-refractivity contribution in [2.45, 2.75) is 57.0 Å². The zero-order valence-corrected chi connectivity index (χ0v) is 13.9. The van der Waals surface area contributed by atoms with Crippen LogP contribution in [0.4, 0.5) is 11.8 Å². The summed E-state index contributed by atoms with van der Waals surface area (Å²) in [4.78, 5) is 20.4. The molecular weight excluding hydrogens is 300 g/mol. The van der Waals surface area contributed by atoms with Gasteiger partial charge in [-0.2, -0.15) is 0 Å². The minimum absolute atomic E-state index is 0.355. The minimum atomic E-state index is 0.355. The smallest absolute Gasteiger partial charge is 0.228 e. The number of rotatable bonds is 4. The lowest BCUT2D eigenvalue weighted by Crippen LogP contribution is -2.36. The molecule has 3 heterocycles. The quantitative estimate of drug-likeness (QED) is 0.929. The van der Waals surface area contributed by atoms with Gasteiger partial charge in [0.2, 0.25) is 5.95 Å². The van der Waals surface area contributed by atoms with Gasteiger partial charge in [-0.1, -0.05) is 19.3 Å². The Bertz CT molecular complexity index is 656. The van der Waals surface area contributed by atoms with Crippen molar-refractivity contribution < 1.29 is 0 Å². The molecule has 0 aromatic carbocycles. The van der Waals surface area contributed by atoms with Gasteiger partial charge in [-0.05, 0) is 38.3 Å². The number of aromatic nitrogens is 4. The lowest BCUT2D eigenvalue weighted by atomic mass is 9.93. The molecule has 2 aliphatic rings. The normalized spacial score (nSPS) is 22.6. The molecule has 4 rings (SSSR count). The largest absolute Gasteiger partial charge is 0.307 e. The molecule has 1 aliphatic carbocycles. The molecule has 0 spiro atoms. The maximum atomic E-state index is 4.68. The Hall–Kier alpha value is -2.08. The fourth-order valence-electron chi connectivity index (χ4n) is 4.09. The van der Waals surface area contributed by atoms with Crippen LogP contribution < -0.4 is 5.32 Å². The Morgan fingerprint density at radius 1 is 0.833 bits per heavy atom. The fourth-order valence-corrected chi connectivity index (χ4v) is 4.09. The van der Waals surface area contributed by atoms with Crippen molar-refractivity contribution in [2.75, 3.05) is 11.9 Å². The van der Waals surface area contributed by atoms with Crippen molar-refractivity contribution in [3.8, 4) is 0 Å². The van der Waals surface area contributed by atoms with Crippen molar-refractivity contribution in [1.82, 2.24) is 24.8 Å². The van der Waals surface area contributed by atoms with Crippen LogP contribution in [0.15, 0.2) is 30.9 Å². The molecular formula is C18H24N6. The SMILES string of the molecule is c1cnc(Nc2nccnc2C2CCCN2C2CCCCC2)nc1. The molecule has 0 bridgehead atoms. The summed E-state index contributed by atoms with van der Waals surface area (Å²) in [7, 11) is 0. The van der Waals surface area contributed by atoms with Gasteiger partial charge < -0.3 is 5.32 Å². The number of nitrogens with one attached hydrogen (secondary N) is 1. The lowest BCUT2D eigenvalue weighted by molar-refractivity contribution is 0.140. The number of anilines is 2. The molecule has 0 amide bonds. The highest BCUT2D eigenvalue weighted by molar-refractivity contribution is 5.51. The number of likely N-dealkylation sites (tertiary alicyclic amines) is 1. The zero-order chi connectivity index (χ0) is 16.2. The average Bonchev–Trinajstić information content (AvgIpc) is 3.13. The standard InChI is InChI=1S/C18H24N6/c1-2-6-14(7-3-1)24-13-4-8-15(24)16-17(20-12-11-19-16)23-18-21-9-5-10-22-18/h5,9-12,14-15H,1-4,6-8,13H2,(H,20,21,22,23). The van der Waals surface area contributed by atoms with Crippen molar-refractivity contribution in [3.05, 3.63) is 36.5 Å². The van der Waals surface area contributed by atoms with Gasteiger partial charge in [0.05, 0.1) is 6.04 Å². The van der Waals surface area contributed by atoms with Gasteiger partial charge in [-0.25, -0.2) is 15.0 Å². The summed E-state index contributed by atoms with van der Waals surface area (Å²) in [5.74, 6) is 1.36. The Kier molecular flexibility index (Phi) is 4.64. The van der Waals surface area contributed by atoms with Crippen molar-refractivity contribution in [1.29, 1.82) is 0 Å². The first-order valence-corrected chi connectivity index (χ1v) is 9.02. The summed E-state index contributed by atoms with van der Waals surface area (Å²) in [6.45, 7) is 1.17. The second-order valence-electron chi connectivity index (χ2n) is 6.68. The second-order valence-corrected chi connectivity index (χ2v) is 6.68. The average molecular weight is 324 g/mol. The molecule has 0 radical (unpaired) electrons. The van der Waals surface area contributed by atoms with Gasteiger partial charge >= 0.3 is 0 Å². The van der Waals surface area contributed by atoms with E-state index in [1.54, 1.807) is 24.8 Å². The van der Waals surface area contributed by atoms with Crippen LogP contribution >= 0.6 is 0 Å². The van der Waals surface area contributed by atoms with Gasteiger partial charge in [-0.3, -0.25) is 9.88 Å². The third-order valence-electron chi connectivity index (χ3n) is 5.18. The molecule has 2 aromatic rings. The molecule has 1 saturated carbocycles. The molecule has 6 nitrogen and oxygen atoms in total. The van der Waals surface area contributed by atoms with Crippen LogP contribution in [0, 0.1) is 0 Å². The molecule has 1 N–H and O–H groups in total. The third-order valence-corrected chi connectivity index (χ3v) is 5.18. The van der Waals surface area contributed by atoms with E-state index in [0.717, 1.165) is 17.9 Å². The molecule has 1 unspecified atom stereocenters. The van der Waals surface area contributed by atoms with Crippen LogP contribution in [-0.2, 0) is 0 Å². The van der Waals surface area contributed by atoms with Crippen LogP contribution in [0.1, 0.15) is 56.7 Å². The van der Waals surface area contributed by atoms with Crippen LogP contribution in [0.25, 0.3) is 0 Å². The van der Waals surface area contributed by atoms with Gasteiger partial charge in [0.25, 0.3) is 0 Å². The third kappa shape index (κ3) is 3.24. The van der Waals surface area contributed by atoms with Crippen LogP contribution in [0.5, 0.6) is 0 Å². The van der Waals surface area contributed by atoms with E-state index in [0.29, 0.717) is 18.0 Å². The molecule has 1 atom stereocenters. The summed E-state index contributed by atoms with van der Waals surface area (Å²) in [6, 6.07) is 2.87. The predicted molar refractivity (Wildman–Crippen MR) is 92.9 cm³/mol. The molecule has 1 saturated heterocycles. The van der Waals surface area contributed by atoms with E-state index < -0.39 is 0 Å². The Labute approximate surface area is 142 Å². The Balaban J connectivity index is 1.58.